The van der Waals surface area contributed by atoms with E-state index in [1.54, 1.807) is 0 Å². The molecule has 2 rings (SSSR count). The highest BCUT2D eigenvalue weighted by molar-refractivity contribution is 8.01. The molecule has 2 heterocycles. The van der Waals surface area contributed by atoms with Gasteiger partial charge in [-0.1, -0.05) is 30.0 Å². The molecule has 20 heavy (non-hydrogen) atoms. The van der Waals surface area contributed by atoms with E-state index in [1.165, 1.54) is 23.1 Å². The zero-order valence-corrected chi connectivity index (χ0v) is 13.2. The summed E-state index contributed by atoms with van der Waals surface area (Å²) in [5, 5.41) is 15.0. The van der Waals surface area contributed by atoms with Gasteiger partial charge in [-0.05, 0) is 19.3 Å². The molecule has 1 aromatic rings. The number of thioether (sulfide) groups is 1. The highest BCUT2D eigenvalue weighted by Crippen LogP contribution is 2.25. The highest BCUT2D eigenvalue weighted by atomic mass is 32.2. The average molecular weight is 316 g/mol. The van der Waals surface area contributed by atoms with Crippen LogP contribution in [0.2, 0.25) is 0 Å². The van der Waals surface area contributed by atoms with E-state index in [4.69, 9.17) is 4.74 Å². The number of hydrogen-bond donors (Lipinski definition) is 2. The third-order valence-electron chi connectivity index (χ3n) is 2.81. The summed E-state index contributed by atoms with van der Waals surface area (Å²) in [5.74, 6) is 0.432. The van der Waals surface area contributed by atoms with Gasteiger partial charge in [0, 0.05) is 19.7 Å². The standard InChI is InChI=1S/C12H20N4O2S2/c1-2-5-13-10(17)8-19-12-16-15-11(20-12)14-7-9-4-3-6-18-9/h9H,2-8H2,1H3,(H,13,17)(H,14,15). The van der Waals surface area contributed by atoms with Gasteiger partial charge in [0.15, 0.2) is 4.34 Å². The molecule has 0 aromatic carbocycles. The number of carbonyl (C=O) groups is 1. The summed E-state index contributed by atoms with van der Waals surface area (Å²) in [6, 6.07) is 0. The van der Waals surface area contributed by atoms with E-state index in [1.807, 2.05) is 6.92 Å². The maximum absolute atomic E-state index is 11.5. The Labute approximate surface area is 127 Å². The Morgan fingerprint density at radius 2 is 2.45 bits per heavy atom. The van der Waals surface area contributed by atoms with Gasteiger partial charge in [-0.15, -0.1) is 10.2 Å². The molecule has 1 unspecified atom stereocenters. The minimum Gasteiger partial charge on any atom is -0.376 e. The molecule has 112 valence electrons. The van der Waals surface area contributed by atoms with Gasteiger partial charge in [-0.3, -0.25) is 4.79 Å². The molecule has 0 aliphatic carbocycles. The molecule has 1 aliphatic heterocycles. The monoisotopic (exact) mass is 316 g/mol. The summed E-state index contributed by atoms with van der Waals surface area (Å²) in [6.07, 6.45) is 3.48. The SMILES string of the molecule is CCCNC(=O)CSc1nnc(NCC2CCCO2)s1. The van der Waals surface area contributed by atoms with Crippen molar-refractivity contribution in [2.45, 2.75) is 36.6 Å². The first-order valence-electron chi connectivity index (χ1n) is 6.86. The van der Waals surface area contributed by atoms with Gasteiger partial charge in [0.25, 0.3) is 0 Å². The molecular weight excluding hydrogens is 296 g/mol. The summed E-state index contributed by atoms with van der Waals surface area (Å²) >= 11 is 2.90. The summed E-state index contributed by atoms with van der Waals surface area (Å²) in [5.41, 5.74) is 0. The highest BCUT2D eigenvalue weighted by Gasteiger charge is 2.16. The van der Waals surface area contributed by atoms with Crippen LogP contribution in [0.5, 0.6) is 0 Å². The van der Waals surface area contributed by atoms with Gasteiger partial charge < -0.3 is 15.4 Å². The first-order valence-corrected chi connectivity index (χ1v) is 8.66. The van der Waals surface area contributed by atoms with E-state index < -0.39 is 0 Å². The van der Waals surface area contributed by atoms with E-state index in [0.717, 1.165) is 48.4 Å². The summed E-state index contributed by atoms with van der Waals surface area (Å²) in [4.78, 5) is 11.5. The van der Waals surface area contributed by atoms with E-state index >= 15 is 0 Å². The topological polar surface area (TPSA) is 76.1 Å². The van der Waals surface area contributed by atoms with E-state index in [-0.39, 0.29) is 12.0 Å². The molecule has 0 saturated carbocycles. The van der Waals surface area contributed by atoms with E-state index in [0.29, 0.717) is 5.75 Å². The van der Waals surface area contributed by atoms with Crippen LogP contribution < -0.4 is 10.6 Å². The van der Waals surface area contributed by atoms with Crippen molar-refractivity contribution < 1.29 is 9.53 Å². The fourth-order valence-corrected chi connectivity index (χ4v) is 3.38. The Morgan fingerprint density at radius 1 is 1.55 bits per heavy atom. The van der Waals surface area contributed by atoms with Crippen LogP contribution in [0.25, 0.3) is 0 Å². The Balaban J connectivity index is 1.67. The van der Waals surface area contributed by atoms with E-state index in [9.17, 15) is 4.79 Å². The lowest BCUT2D eigenvalue weighted by molar-refractivity contribution is -0.118. The van der Waals surface area contributed by atoms with Gasteiger partial charge in [0.1, 0.15) is 0 Å². The molecule has 1 saturated heterocycles. The van der Waals surface area contributed by atoms with Crippen LogP contribution in [-0.2, 0) is 9.53 Å². The summed E-state index contributed by atoms with van der Waals surface area (Å²) in [6.45, 7) is 4.39. The lowest BCUT2D eigenvalue weighted by Crippen LogP contribution is -2.25. The van der Waals surface area contributed by atoms with Crippen LogP contribution in [0.1, 0.15) is 26.2 Å². The van der Waals surface area contributed by atoms with Crippen molar-refractivity contribution in [1.82, 2.24) is 15.5 Å². The maximum Gasteiger partial charge on any atom is 0.230 e. The molecule has 1 aromatic heterocycles. The van der Waals surface area contributed by atoms with Crippen molar-refractivity contribution in [3.8, 4) is 0 Å². The molecule has 2 N–H and O–H groups in total. The van der Waals surface area contributed by atoms with Gasteiger partial charge in [-0.25, -0.2) is 0 Å². The van der Waals surface area contributed by atoms with Gasteiger partial charge in [-0.2, -0.15) is 0 Å². The quantitative estimate of drug-likeness (QED) is 0.712. The molecule has 1 atom stereocenters. The van der Waals surface area contributed by atoms with Crippen LogP contribution in [-0.4, -0.2) is 47.7 Å². The molecule has 1 fully saturated rings. The Morgan fingerprint density at radius 3 is 3.20 bits per heavy atom. The number of ether oxygens (including phenoxy) is 1. The third-order valence-corrected chi connectivity index (χ3v) is 4.82. The second kappa shape index (κ2) is 8.43. The fraction of sp³-hybridized carbons (Fsp3) is 0.750. The number of amides is 1. The number of rotatable bonds is 8. The number of nitrogens with one attached hydrogen (secondary N) is 2. The Bertz CT molecular complexity index is 421. The minimum absolute atomic E-state index is 0.0425. The van der Waals surface area contributed by atoms with Crippen molar-refractivity contribution in [3.63, 3.8) is 0 Å². The number of carbonyl (C=O) groups excluding carboxylic acids is 1. The van der Waals surface area contributed by atoms with Crippen molar-refractivity contribution in [3.05, 3.63) is 0 Å². The number of aromatic nitrogens is 2. The number of anilines is 1. The average Bonchev–Trinajstić information content (AvgIpc) is 3.11. The lowest BCUT2D eigenvalue weighted by atomic mass is 10.2. The minimum atomic E-state index is 0.0425. The Kier molecular flexibility index (Phi) is 6.55. The molecule has 0 spiro atoms. The normalized spacial score (nSPS) is 18.1. The van der Waals surface area contributed by atoms with Crippen molar-refractivity contribution >= 4 is 34.1 Å². The van der Waals surface area contributed by atoms with Crippen molar-refractivity contribution in [2.75, 3.05) is 30.8 Å². The van der Waals surface area contributed by atoms with Crippen LogP contribution >= 0.6 is 23.1 Å². The zero-order chi connectivity index (χ0) is 14.2. The molecule has 0 bridgehead atoms. The lowest BCUT2D eigenvalue weighted by Gasteiger charge is -2.08. The maximum atomic E-state index is 11.5. The molecule has 1 aliphatic rings. The first kappa shape index (κ1) is 15.5. The fourth-order valence-electron chi connectivity index (χ4n) is 1.79. The Hall–Kier alpha value is -0.860. The van der Waals surface area contributed by atoms with Gasteiger partial charge in [0.2, 0.25) is 11.0 Å². The van der Waals surface area contributed by atoms with Crippen LogP contribution in [0.15, 0.2) is 4.34 Å². The number of nitrogens with zero attached hydrogens (tertiary/aromatic N) is 2. The largest absolute Gasteiger partial charge is 0.376 e. The molecule has 1 amide bonds. The summed E-state index contributed by atoms with van der Waals surface area (Å²) < 4.78 is 6.35. The smallest absolute Gasteiger partial charge is 0.230 e. The van der Waals surface area contributed by atoms with Gasteiger partial charge in [0.05, 0.1) is 11.9 Å². The van der Waals surface area contributed by atoms with Gasteiger partial charge >= 0.3 is 0 Å². The first-order chi connectivity index (χ1) is 9.78. The van der Waals surface area contributed by atoms with Crippen LogP contribution in [0.3, 0.4) is 0 Å². The summed E-state index contributed by atoms with van der Waals surface area (Å²) in [7, 11) is 0. The predicted molar refractivity (Wildman–Crippen MR) is 81.4 cm³/mol. The zero-order valence-electron chi connectivity index (χ0n) is 11.6. The van der Waals surface area contributed by atoms with Crippen molar-refractivity contribution in [1.29, 1.82) is 0 Å². The van der Waals surface area contributed by atoms with Crippen LogP contribution in [0.4, 0.5) is 5.13 Å². The molecular formula is C12H20N4O2S2. The third kappa shape index (κ3) is 5.26. The molecule has 0 radical (unpaired) electrons. The number of hydrogen-bond acceptors (Lipinski definition) is 7. The molecule has 6 nitrogen and oxygen atoms in total. The van der Waals surface area contributed by atoms with Crippen LogP contribution in [0, 0.1) is 0 Å². The second-order valence-corrected chi connectivity index (χ2v) is 6.73. The second-order valence-electron chi connectivity index (χ2n) is 4.53. The predicted octanol–water partition coefficient (Wildman–Crippen LogP) is 1.75. The van der Waals surface area contributed by atoms with Crippen molar-refractivity contribution in [2.24, 2.45) is 0 Å². The van der Waals surface area contributed by atoms with E-state index in [2.05, 4.69) is 20.8 Å². The molecule has 8 heteroatoms.